The Labute approximate surface area is 199 Å². The van der Waals surface area contributed by atoms with Crippen LogP contribution in [0.5, 0.6) is 10.9 Å². The number of rotatable bonds is 5. The number of hydrogen-bond donors (Lipinski definition) is 2. The third kappa shape index (κ3) is 5.11. The first-order valence-corrected chi connectivity index (χ1v) is 12.0. The average Bonchev–Trinajstić information content (AvgIpc) is 3.10. The van der Waals surface area contributed by atoms with Crippen molar-refractivity contribution in [1.82, 2.24) is 4.98 Å². The minimum absolute atomic E-state index is 0.0559. The second-order valence-electron chi connectivity index (χ2n) is 6.70. The molecule has 0 radical (unpaired) electrons. The van der Waals surface area contributed by atoms with Gasteiger partial charge in [-0.3, -0.25) is 4.72 Å². The SMILES string of the molecule is Nc1ccc2nc(Oc3ccc(NS(=O)(=O)c4ccc(C(F)(F)F)cc4Cl)cc3Cl)sc2c1. The van der Waals surface area contributed by atoms with Gasteiger partial charge in [-0.15, -0.1) is 0 Å². The molecule has 3 aromatic carbocycles. The van der Waals surface area contributed by atoms with Gasteiger partial charge in [0.15, 0.2) is 0 Å². The number of sulfonamides is 1. The molecule has 0 atom stereocenters. The zero-order valence-electron chi connectivity index (χ0n) is 16.2. The van der Waals surface area contributed by atoms with E-state index in [2.05, 4.69) is 9.71 Å². The number of halogens is 5. The maximum absolute atomic E-state index is 12.8. The van der Waals surface area contributed by atoms with E-state index in [4.69, 9.17) is 33.7 Å². The summed E-state index contributed by atoms with van der Waals surface area (Å²) in [5, 5.41) is -0.185. The first kappa shape index (κ1) is 23.4. The molecule has 0 saturated carbocycles. The standard InChI is InChI=1S/C20H12Cl2F3N3O3S2/c21-13-9-12(28-33(29,30)18-6-1-10(7-14(18)22)20(23,24)25)3-5-16(13)31-19-27-15-4-2-11(26)8-17(15)32-19/h1-9,28H,26H2. The van der Waals surface area contributed by atoms with Crippen molar-refractivity contribution < 1.29 is 26.3 Å². The lowest BCUT2D eigenvalue weighted by Crippen LogP contribution is -2.14. The fraction of sp³-hybridized carbons (Fsp3) is 0.0500. The van der Waals surface area contributed by atoms with Gasteiger partial charge in [-0.05, 0) is 54.6 Å². The van der Waals surface area contributed by atoms with E-state index < -0.39 is 31.7 Å². The van der Waals surface area contributed by atoms with Crippen LogP contribution in [0, 0.1) is 0 Å². The summed E-state index contributed by atoms with van der Waals surface area (Å²) >= 11 is 13.3. The van der Waals surface area contributed by atoms with Crippen molar-refractivity contribution in [2.45, 2.75) is 11.1 Å². The maximum atomic E-state index is 12.8. The number of nitrogen functional groups attached to an aromatic ring is 1. The quantitative estimate of drug-likeness (QED) is 0.275. The molecular weight excluding hydrogens is 522 g/mol. The van der Waals surface area contributed by atoms with E-state index in [0.29, 0.717) is 28.5 Å². The molecular formula is C20H12Cl2F3N3O3S2. The first-order valence-electron chi connectivity index (χ1n) is 8.95. The molecule has 0 unspecified atom stereocenters. The van der Waals surface area contributed by atoms with Gasteiger partial charge in [-0.2, -0.15) is 13.2 Å². The van der Waals surface area contributed by atoms with Crippen LogP contribution in [0.4, 0.5) is 24.5 Å². The first-order chi connectivity index (χ1) is 15.4. The number of alkyl halides is 3. The highest BCUT2D eigenvalue weighted by Gasteiger charge is 2.32. The number of fused-ring (bicyclic) bond motifs is 1. The fourth-order valence-corrected chi connectivity index (χ4v) is 5.50. The molecule has 0 aliphatic rings. The number of benzene rings is 3. The predicted molar refractivity (Wildman–Crippen MR) is 123 cm³/mol. The zero-order valence-corrected chi connectivity index (χ0v) is 19.3. The summed E-state index contributed by atoms with van der Waals surface area (Å²) < 4.78 is 72.4. The van der Waals surface area contributed by atoms with Crippen LogP contribution in [0.25, 0.3) is 10.2 Å². The summed E-state index contributed by atoms with van der Waals surface area (Å²) in [6, 6.07) is 11.3. The molecule has 0 bridgehead atoms. The lowest BCUT2D eigenvalue weighted by molar-refractivity contribution is -0.137. The van der Waals surface area contributed by atoms with Gasteiger partial charge in [0.05, 0.1) is 31.5 Å². The third-order valence-electron chi connectivity index (χ3n) is 4.32. The molecule has 0 aliphatic carbocycles. The molecule has 1 aromatic heterocycles. The number of nitrogens with zero attached hydrogens (tertiary/aromatic N) is 1. The van der Waals surface area contributed by atoms with E-state index >= 15 is 0 Å². The summed E-state index contributed by atoms with van der Waals surface area (Å²) in [6.07, 6.45) is -4.65. The highest BCUT2D eigenvalue weighted by atomic mass is 35.5. The highest BCUT2D eigenvalue weighted by molar-refractivity contribution is 7.92. The Morgan fingerprint density at radius 1 is 1.00 bits per heavy atom. The molecule has 0 aliphatic heterocycles. The third-order valence-corrected chi connectivity index (χ3v) is 7.38. The van der Waals surface area contributed by atoms with Crippen LogP contribution >= 0.6 is 34.5 Å². The number of hydrogen-bond acceptors (Lipinski definition) is 6. The van der Waals surface area contributed by atoms with Gasteiger partial charge in [0.2, 0.25) is 0 Å². The Hall–Kier alpha value is -2.73. The minimum atomic E-state index is -4.65. The van der Waals surface area contributed by atoms with Crippen molar-refractivity contribution in [2.75, 3.05) is 10.5 Å². The number of nitrogens with one attached hydrogen (secondary N) is 1. The Morgan fingerprint density at radius 3 is 2.42 bits per heavy atom. The lowest BCUT2D eigenvalue weighted by Gasteiger charge is -2.13. The number of ether oxygens (including phenoxy) is 1. The van der Waals surface area contributed by atoms with Gasteiger partial charge in [-0.25, -0.2) is 13.4 Å². The van der Waals surface area contributed by atoms with Gasteiger partial charge in [0, 0.05) is 5.69 Å². The molecule has 3 N–H and O–H groups in total. The van der Waals surface area contributed by atoms with Crippen LogP contribution in [-0.4, -0.2) is 13.4 Å². The van der Waals surface area contributed by atoms with Crippen LogP contribution in [0.1, 0.15) is 5.56 Å². The van der Waals surface area contributed by atoms with E-state index in [1.54, 1.807) is 18.2 Å². The van der Waals surface area contributed by atoms with Crippen molar-refractivity contribution >= 4 is 66.2 Å². The predicted octanol–water partition coefficient (Wildman–Crippen LogP) is 6.80. The van der Waals surface area contributed by atoms with E-state index in [1.807, 2.05) is 0 Å². The van der Waals surface area contributed by atoms with E-state index in [0.717, 1.165) is 10.8 Å². The molecule has 172 valence electrons. The molecule has 0 saturated heterocycles. The van der Waals surface area contributed by atoms with Crippen LogP contribution < -0.4 is 15.2 Å². The topological polar surface area (TPSA) is 94.3 Å². The van der Waals surface area contributed by atoms with Crippen molar-refractivity contribution in [3.8, 4) is 10.9 Å². The molecule has 4 rings (SSSR count). The van der Waals surface area contributed by atoms with Crippen LogP contribution in [-0.2, 0) is 16.2 Å². The summed E-state index contributed by atoms with van der Waals surface area (Å²) in [5.74, 6) is 0.221. The molecule has 6 nitrogen and oxygen atoms in total. The number of thiazole rings is 1. The van der Waals surface area contributed by atoms with E-state index in [9.17, 15) is 21.6 Å². The number of nitrogens with two attached hydrogens (primary N) is 1. The number of anilines is 2. The average molecular weight is 534 g/mol. The van der Waals surface area contributed by atoms with Gasteiger partial charge in [-0.1, -0.05) is 34.5 Å². The summed E-state index contributed by atoms with van der Waals surface area (Å²) in [7, 11) is -4.29. The summed E-state index contributed by atoms with van der Waals surface area (Å²) in [5.41, 5.74) is 6.03. The second kappa shape index (κ2) is 8.56. The summed E-state index contributed by atoms with van der Waals surface area (Å²) in [6.45, 7) is 0. The molecule has 0 fully saturated rings. The Bertz CT molecular complexity index is 1470. The van der Waals surface area contributed by atoms with E-state index in [-0.39, 0.29) is 16.5 Å². The molecule has 1 heterocycles. The molecule has 0 spiro atoms. The summed E-state index contributed by atoms with van der Waals surface area (Å²) in [4.78, 5) is 3.81. The Balaban J connectivity index is 1.55. The molecule has 4 aromatic rings. The smallest absolute Gasteiger partial charge is 0.416 e. The second-order valence-corrected chi connectivity index (χ2v) is 10.2. The zero-order chi connectivity index (χ0) is 24.0. The fourth-order valence-electron chi connectivity index (χ4n) is 2.81. The van der Waals surface area contributed by atoms with E-state index in [1.165, 1.54) is 29.5 Å². The van der Waals surface area contributed by atoms with Gasteiger partial charge in [0.1, 0.15) is 10.6 Å². The van der Waals surface area contributed by atoms with Gasteiger partial charge >= 0.3 is 6.18 Å². The van der Waals surface area contributed by atoms with Crippen LogP contribution in [0.3, 0.4) is 0 Å². The Kier molecular flexibility index (Phi) is 6.08. The molecule has 0 amide bonds. The highest BCUT2D eigenvalue weighted by Crippen LogP contribution is 2.37. The van der Waals surface area contributed by atoms with Crippen molar-refractivity contribution in [1.29, 1.82) is 0 Å². The number of aromatic nitrogens is 1. The maximum Gasteiger partial charge on any atom is 0.416 e. The molecule has 33 heavy (non-hydrogen) atoms. The normalized spacial score (nSPS) is 12.2. The Morgan fingerprint density at radius 2 is 1.76 bits per heavy atom. The monoisotopic (exact) mass is 533 g/mol. The largest absolute Gasteiger partial charge is 0.429 e. The van der Waals surface area contributed by atoms with Crippen molar-refractivity contribution in [2.24, 2.45) is 0 Å². The lowest BCUT2D eigenvalue weighted by atomic mass is 10.2. The van der Waals surface area contributed by atoms with Crippen LogP contribution in [0.2, 0.25) is 10.0 Å². The minimum Gasteiger partial charge on any atom is -0.429 e. The van der Waals surface area contributed by atoms with Crippen molar-refractivity contribution in [3.05, 3.63) is 70.2 Å². The van der Waals surface area contributed by atoms with Gasteiger partial charge < -0.3 is 10.5 Å². The van der Waals surface area contributed by atoms with Crippen molar-refractivity contribution in [3.63, 3.8) is 0 Å². The van der Waals surface area contributed by atoms with Crippen LogP contribution in [0.15, 0.2) is 59.5 Å². The van der Waals surface area contributed by atoms with Gasteiger partial charge in [0.25, 0.3) is 15.2 Å². The molecule has 13 heteroatoms.